The minimum absolute atomic E-state index is 0.0569. The van der Waals surface area contributed by atoms with Crippen molar-refractivity contribution in [3.05, 3.63) is 12.7 Å². The fourth-order valence-corrected chi connectivity index (χ4v) is 3.28. The van der Waals surface area contributed by atoms with Crippen molar-refractivity contribution in [2.75, 3.05) is 26.7 Å². The van der Waals surface area contributed by atoms with Gasteiger partial charge >= 0.3 is 5.97 Å². The molecule has 11 nitrogen and oxygen atoms in total. The number of ketones is 3. The number of amides is 1. The standard InChI is InChI=1S/C16H28O5.C13H26N2O4.C3H6.2C2H6/c1-10(2)15(5,6)13(18)9-20-16(7,8)14(19)11(3)21-12(4)17;1-6-10(12(18)15-8-7-14-5)19-13(3,4)11(17)9(2)16;1-3-2;2*1-2/h10-11H,9H2,1-8H3;9-10,14,16H,6-8H2,1-5H3,(H,15,18);3H,1H2,2H3;2*1-2H3. The molecular weight excluding hydrogens is 604 g/mol. The quantitative estimate of drug-likeness (QED) is 0.100. The molecule has 0 spiro atoms. The van der Waals surface area contributed by atoms with Gasteiger partial charge in [-0.15, -0.1) is 6.58 Å². The molecule has 0 aliphatic heterocycles. The Morgan fingerprint density at radius 2 is 1.30 bits per heavy atom. The molecule has 47 heavy (non-hydrogen) atoms. The fourth-order valence-electron chi connectivity index (χ4n) is 3.28. The molecule has 0 saturated carbocycles. The molecule has 0 aliphatic rings. The van der Waals surface area contributed by atoms with Crippen LogP contribution in [-0.2, 0) is 38.2 Å². The maximum Gasteiger partial charge on any atom is 0.303 e. The lowest BCUT2D eigenvalue weighted by Gasteiger charge is -2.31. The lowest BCUT2D eigenvalue weighted by Crippen LogP contribution is -2.48. The van der Waals surface area contributed by atoms with Crippen LogP contribution in [0.25, 0.3) is 0 Å². The highest BCUT2D eigenvalue weighted by Crippen LogP contribution is 2.28. The van der Waals surface area contributed by atoms with Gasteiger partial charge in [-0.25, -0.2) is 0 Å². The van der Waals surface area contributed by atoms with Crippen LogP contribution in [-0.4, -0.2) is 90.6 Å². The number of rotatable bonds is 17. The number of esters is 1. The van der Waals surface area contributed by atoms with E-state index in [-0.39, 0.29) is 30.0 Å². The van der Waals surface area contributed by atoms with Crippen LogP contribution >= 0.6 is 0 Å². The summed E-state index contributed by atoms with van der Waals surface area (Å²) in [5, 5.41) is 15.0. The van der Waals surface area contributed by atoms with Gasteiger partial charge in [0.05, 0.1) is 0 Å². The van der Waals surface area contributed by atoms with Gasteiger partial charge < -0.3 is 30.0 Å². The third-order valence-corrected chi connectivity index (χ3v) is 6.78. The third-order valence-electron chi connectivity index (χ3n) is 6.78. The molecule has 11 heteroatoms. The maximum absolute atomic E-state index is 12.2. The van der Waals surface area contributed by atoms with Crippen LogP contribution in [0.1, 0.15) is 124 Å². The van der Waals surface area contributed by atoms with E-state index in [0.717, 1.165) is 0 Å². The largest absolute Gasteiger partial charge is 0.455 e. The van der Waals surface area contributed by atoms with E-state index >= 15 is 0 Å². The van der Waals surface area contributed by atoms with Crippen LogP contribution in [0.15, 0.2) is 12.7 Å². The van der Waals surface area contributed by atoms with Gasteiger partial charge in [0.25, 0.3) is 0 Å². The molecule has 0 aromatic heterocycles. The van der Waals surface area contributed by atoms with Gasteiger partial charge in [-0.1, -0.05) is 68.4 Å². The van der Waals surface area contributed by atoms with Gasteiger partial charge in [0.1, 0.15) is 30.0 Å². The number of aliphatic hydroxyl groups is 1. The second-order valence-corrected chi connectivity index (χ2v) is 12.1. The Morgan fingerprint density at radius 3 is 1.64 bits per heavy atom. The first-order valence-corrected chi connectivity index (χ1v) is 16.8. The van der Waals surface area contributed by atoms with Gasteiger partial charge in [-0.3, -0.25) is 24.0 Å². The van der Waals surface area contributed by atoms with Gasteiger partial charge in [0.15, 0.2) is 17.7 Å². The second kappa shape index (κ2) is 28.5. The molecule has 0 heterocycles. The predicted octanol–water partition coefficient (Wildman–Crippen LogP) is 5.64. The molecule has 3 atom stereocenters. The summed E-state index contributed by atoms with van der Waals surface area (Å²) in [7, 11) is 1.80. The Bertz CT molecular complexity index is 895. The number of hydrogen-bond acceptors (Lipinski definition) is 10. The van der Waals surface area contributed by atoms with Crippen molar-refractivity contribution in [1.82, 2.24) is 10.6 Å². The molecule has 3 N–H and O–H groups in total. The number of Topliss-reactive ketones (excluding diaryl/α,β-unsaturated/α-hetero) is 3. The first kappa shape index (κ1) is 54.0. The number of carbonyl (C=O) groups is 5. The lowest BCUT2D eigenvalue weighted by molar-refractivity contribution is -0.164. The van der Waals surface area contributed by atoms with E-state index in [4.69, 9.17) is 14.2 Å². The van der Waals surface area contributed by atoms with E-state index in [0.29, 0.717) is 19.5 Å². The number of likely N-dealkylation sites (N-methyl/N-ethyl adjacent to an activating group) is 1. The first-order valence-electron chi connectivity index (χ1n) is 16.8. The van der Waals surface area contributed by atoms with E-state index < -0.39 is 46.7 Å². The first-order chi connectivity index (χ1) is 21.5. The van der Waals surface area contributed by atoms with Crippen molar-refractivity contribution in [2.24, 2.45) is 11.3 Å². The van der Waals surface area contributed by atoms with Crippen molar-refractivity contribution in [3.8, 4) is 0 Å². The number of ether oxygens (including phenoxy) is 3. The van der Waals surface area contributed by atoms with Crippen molar-refractivity contribution in [3.63, 3.8) is 0 Å². The molecule has 280 valence electrons. The summed E-state index contributed by atoms with van der Waals surface area (Å²) in [6.07, 6.45) is -0.498. The minimum Gasteiger partial charge on any atom is -0.455 e. The van der Waals surface area contributed by atoms with Crippen molar-refractivity contribution in [1.29, 1.82) is 0 Å². The zero-order valence-electron chi connectivity index (χ0n) is 33.1. The Labute approximate surface area is 287 Å². The van der Waals surface area contributed by atoms with E-state index in [1.165, 1.54) is 20.8 Å². The summed E-state index contributed by atoms with van der Waals surface area (Å²) >= 11 is 0. The molecule has 0 fully saturated rings. The van der Waals surface area contributed by atoms with E-state index in [2.05, 4.69) is 17.2 Å². The molecule has 0 rings (SSSR count). The summed E-state index contributed by atoms with van der Waals surface area (Å²) in [5.74, 6) is -1.46. The van der Waals surface area contributed by atoms with E-state index in [1.807, 2.05) is 69.2 Å². The average Bonchev–Trinajstić information content (AvgIpc) is 3.00. The molecule has 3 unspecified atom stereocenters. The normalized spacial score (nSPS) is 12.8. The number of allylic oxidation sites excluding steroid dienone is 1. The van der Waals surface area contributed by atoms with Gasteiger partial charge in [0.2, 0.25) is 11.7 Å². The van der Waals surface area contributed by atoms with Crippen LogP contribution in [0.2, 0.25) is 0 Å². The molecule has 0 radical (unpaired) electrons. The SMILES string of the molecule is C=CC.CC.CC.CC(=O)OC(C)C(=O)C(C)(C)OCC(=O)C(C)(C)C(C)C.CCC(OC(C)(C)C(=O)C(C)O)C(=O)NCCNC. The summed E-state index contributed by atoms with van der Waals surface area (Å²) in [6.45, 7) is 34.1. The van der Waals surface area contributed by atoms with Crippen LogP contribution < -0.4 is 10.6 Å². The predicted molar refractivity (Wildman–Crippen MR) is 191 cm³/mol. The van der Waals surface area contributed by atoms with Crippen LogP contribution in [0.4, 0.5) is 0 Å². The monoisotopic (exact) mass is 677 g/mol. The zero-order valence-corrected chi connectivity index (χ0v) is 33.1. The van der Waals surface area contributed by atoms with Gasteiger partial charge in [-0.2, -0.15) is 0 Å². The second-order valence-electron chi connectivity index (χ2n) is 12.1. The van der Waals surface area contributed by atoms with Gasteiger partial charge in [-0.05, 0) is 67.9 Å². The molecular formula is C36H72N2O9. The van der Waals surface area contributed by atoms with Crippen LogP contribution in [0, 0.1) is 11.3 Å². The Hall–Kier alpha value is -2.47. The Kier molecular flexibility index (Phi) is 32.8. The van der Waals surface area contributed by atoms with Crippen LogP contribution in [0.3, 0.4) is 0 Å². The number of nitrogens with one attached hydrogen (secondary N) is 2. The van der Waals surface area contributed by atoms with E-state index in [1.54, 1.807) is 40.8 Å². The Morgan fingerprint density at radius 1 is 0.851 bits per heavy atom. The highest BCUT2D eigenvalue weighted by molar-refractivity contribution is 5.92. The maximum atomic E-state index is 12.2. The lowest BCUT2D eigenvalue weighted by atomic mass is 9.77. The molecule has 0 saturated heterocycles. The molecule has 1 amide bonds. The number of aliphatic hydroxyl groups excluding tert-OH is 1. The van der Waals surface area contributed by atoms with Crippen molar-refractivity contribution < 1.29 is 43.3 Å². The zero-order chi connectivity index (χ0) is 38.8. The molecule has 0 aromatic rings. The van der Waals surface area contributed by atoms with Gasteiger partial charge in [0, 0.05) is 25.4 Å². The van der Waals surface area contributed by atoms with Crippen LogP contribution in [0.5, 0.6) is 0 Å². The Balaban J connectivity index is -0.000000210. The highest BCUT2D eigenvalue weighted by Gasteiger charge is 2.38. The van der Waals surface area contributed by atoms with E-state index in [9.17, 15) is 29.1 Å². The number of carbonyl (C=O) groups excluding carboxylic acids is 5. The topological polar surface area (TPSA) is 157 Å². The minimum atomic E-state index is -1.19. The summed E-state index contributed by atoms with van der Waals surface area (Å²) in [5.41, 5.74) is -2.88. The highest BCUT2D eigenvalue weighted by atomic mass is 16.6. The summed E-state index contributed by atoms with van der Waals surface area (Å²) < 4.78 is 15.9. The smallest absolute Gasteiger partial charge is 0.303 e. The molecule has 0 aliphatic carbocycles. The van der Waals surface area contributed by atoms with Crippen molar-refractivity contribution >= 4 is 29.2 Å². The summed E-state index contributed by atoms with van der Waals surface area (Å²) in [4.78, 5) is 58.9. The number of hydrogen-bond donors (Lipinski definition) is 3. The third kappa shape index (κ3) is 24.3. The molecule has 0 aromatic carbocycles. The molecule has 0 bridgehead atoms. The average molecular weight is 677 g/mol. The van der Waals surface area contributed by atoms with Crippen molar-refractivity contribution in [2.45, 2.75) is 154 Å². The summed E-state index contributed by atoms with van der Waals surface area (Å²) in [6, 6.07) is 0. The fraction of sp³-hybridized carbons (Fsp3) is 0.806.